The molecular weight excluding hydrogens is 170 g/mol. The number of nitrogens with one attached hydrogen (secondary N) is 1. The summed E-state index contributed by atoms with van der Waals surface area (Å²) < 4.78 is 0. The van der Waals surface area contributed by atoms with Crippen molar-refractivity contribution in [2.75, 3.05) is 0 Å². The van der Waals surface area contributed by atoms with Gasteiger partial charge in [0, 0.05) is 0 Å². The molecule has 0 aromatic rings. The van der Waals surface area contributed by atoms with Crippen LogP contribution in [0, 0.1) is 5.41 Å². The molecule has 72 valence electrons. The second-order valence-electron chi connectivity index (χ2n) is 3.14. The number of hydrogen-bond acceptors (Lipinski definition) is 1. The maximum Gasteiger partial charge on any atom is 0.0536 e. The summed E-state index contributed by atoms with van der Waals surface area (Å²) in [7, 11) is 0. The zero-order valence-electron chi connectivity index (χ0n) is 8.40. The van der Waals surface area contributed by atoms with Gasteiger partial charge < -0.3 is 5.41 Å². The van der Waals surface area contributed by atoms with Gasteiger partial charge in [0.2, 0.25) is 0 Å². The lowest BCUT2D eigenvalue weighted by molar-refractivity contribution is 1.33. The van der Waals surface area contributed by atoms with Crippen LogP contribution in [0.5, 0.6) is 0 Å². The van der Waals surface area contributed by atoms with E-state index in [9.17, 15) is 0 Å². The molecule has 1 nitrogen and oxygen atoms in total. The molecule has 1 rings (SSSR count). The van der Waals surface area contributed by atoms with Crippen LogP contribution in [0.15, 0.2) is 60.3 Å². The number of allylic oxidation sites excluding steroid dienone is 10. The molecule has 0 bridgehead atoms. The summed E-state index contributed by atoms with van der Waals surface area (Å²) in [5.74, 6) is 0. The molecule has 0 atom stereocenters. The largest absolute Gasteiger partial charge is 0.301 e. The fraction of sp³-hybridized carbons (Fsp3) is 0.154. The minimum absolute atomic E-state index is 0.533. The van der Waals surface area contributed by atoms with Crippen molar-refractivity contribution < 1.29 is 0 Å². The number of rotatable bonds is 0. The topological polar surface area (TPSA) is 23.9 Å². The van der Waals surface area contributed by atoms with Crippen molar-refractivity contribution in [2.24, 2.45) is 0 Å². The highest BCUT2D eigenvalue weighted by molar-refractivity contribution is 6.01. The molecule has 0 radical (unpaired) electrons. The molecule has 0 aromatic carbocycles. The van der Waals surface area contributed by atoms with Gasteiger partial charge in [-0.2, -0.15) is 0 Å². The Morgan fingerprint density at radius 3 is 2.50 bits per heavy atom. The van der Waals surface area contributed by atoms with Crippen LogP contribution in [-0.2, 0) is 0 Å². The smallest absolute Gasteiger partial charge is 0.0536 e. The lowest BCUT2D eigenvalue weighted by Crippen LogP contribution is -1.82. The Bertz CT molecular complexity index is 338. The SMILES string of the molecule is CC1=C\C/C=C\C(=N)\C=C/C=C\C=C/1. The van der Waals surface area contributed by atoms with Crippen molar-refractivity contribution in [3.63, 3.8) is 0 Å². The molecule has 0 heterocycles. The average molecular weight is 185 g/mol. The summed E-state index contributed by atoms with van der Waals surface area (Å²) in [5.41, 5.74) is 1.78. The second-order valence-corrected chi connectivity index (χ2v) is 3.14. The molecule has 0 spiro atoms. The standard InChI is InChI=1S/C13H15N/c1-12-8-4-2-3-5-10-13(14)11-7-6-9-12/h2-5,7-11,14H,6H2,1H3/b3-2-,8-4-,10-5-,11-7-,12-9-,14-13?. The summed E-state index contributed by atoms with van der Waals surface area (Å²) in [6.07, 6.45) is 18.5. The Morgan fingerprint density at radius 1 is 1.00 bits per heavy atom. The van der Waals surface area contributed by atoms with E-state index in [0.29, 0.717) is 5.71 Å². The van der Waals surface area contributed by atoms with E-state index in [0.717, 1.165) is 6.42 Å². The van der Waals surface area contributed by atoms with Crippen LogP contribution in [0.25, 0.3) is 0 Å². The summed E-state index contributed by atoms with van der Waals surface area (Å²) in [5, 5.41) is 7.52. The maximum atomic E-state index is 7.52. The van der Waals surface area contributed by atoms with Crippen LogP contribution in [0.1, 0.15) is 13.3 Å². The van der Waals surface area contributed by atoms with Gasteiger partial charge in [-0.1, -0.05) is 48.1 Å². The fourth-order valence-electron chi connectivity index (χ4n) is 1.07. The molecule has 1 aliphatic rings. The van der Waals surface area contributed by atoms with E-state index in [1.807, 2.05) is 36.5 Å². The summed E-state index contributed by atoms with van der Waals surface area (Å²) in [6.45, 7) is 2.07. The van der Waals surface area contributed by atoms with Gasteiger partial charge in [-0.05, 0) is 25.5 Å². The van der Waals surface area contributed by atoms with Crippen molar-refractivity contribution >= 4 is 5.71 Å². The predicted octanol–water partition coefficient (Wildman–Crippen LogP) is 3.58. The Kier molecular flexibility index (Phi) is 4.42. The van der Waals surface area contributed by atoms with Crippen molar-refractivity contribution in [1.29, 1.82) is 5.41 Å². The van der Waals surface area contributed by atoms with Gasteiger partial charge in [-0.25, -0.2) is 0 Å². The van der Waals surface area contributed by atoms with Crippen LogP contribution >= 0.6 is 0 Å². The van der Waals surface area contributed by atoms with E-state index >= 15 is 0 Å². The number of hydrogen-bond donors (Lipinski definition) is 1. The van der Waals surface area contributed by atoms with E-state index in [1.165, 1.54) is 5.57 Å². The van der Waals surface area contributed by atoms with E-state index in [2.05, 4.69) is 19.1 Å². The first-order valence-corrected chi connectivity index (χ1v) is 4.72. The lowest BCUT2D eigenvalue weighted by Gasteiger charge is -1.91. The molecule has 0 saturated heterocycles. The van der Waals surface area contributed by atoms with Crippen molar-refractivity contribution in [3.8, 4) is 0 Å². The molecule has 0 fully saturated rings. The first-order chi connectivity index (χ1) is 6.79. The molecular formula is C13H15N. The molecule has 0 saturated carbocycles. The third kappa shape index (κ3) is 4.41. The first-order valence-electron chi connectivity index (χ1n) is 4.72. The zero-order valence-corrected chi connectivity index (χ0v) is 8.40. The van der Waals surface area contributed by atoms with Crippen LogP contribution in [-0.4, -0.2) is 5.71 Å². The van der Waals surface area contributed by atoms with Gasteiger partial charge in [0.15, 0.2) is 0 Å². The van der Waals surface area contributed by atoms with Gasteiger partial charge in [-0.15, -0.1) is 0 Å². The third-order valence-electron chi connectivity index (χ3n) is 1.84. The molecule has 1 aliphatic carbocycles. The normalized spacial score (nSPS) is 30.4. The average Bonchev–Trinajstić information content (AvgIpc) is 2.16. The Hall–Kier alpha value is -1.63. The maximum absolute atomic E-state index is 7.52. The Labute approximate surface area is 85.4 Å². The van der Waals surface area contributed by atoms with Gasteiger partial charge in [-0.3, -0.25) is 0 Å². The van der Waals surface area contributed by atoms with Crippen LogP contribution < -0.4 is 0 Å². The molecule has 0 aromatic heterocycles. The van der Waals surface area contributed by atoms with Crippen molar-refractivity contribution in [1.82, 2.24) is 0 Å². The van der Waals surface area contributed by atoms with Crippen LogP contribution in [0.3, 0.4) is 0 Å². The van der Waals surface area contributed by atoms with E-state index in [4.69, 9.17) is 5.41 Å². The van der Waals surface area contributed by atoms with Gasteiger partial charge in [0.1, 0.15) is 0 Å². The van der Waals surface area contributed by atoms with E-state index in [-0.39, 0.29) is 0 Å². The minimum Gasteiger partial charge on any atom is -0.301 e. The van der Waals surface area contributed by atoms with Gasteiger partial charge >= 0.3 is 0 Å². The zero-order chi connectivity index (χ0) is 10.2. The van der Waals surface area contributed by atoms with Crippen LogP contribution in [0.2, 0.25) is 0 Å². The molecule has 1 heteroatoms. The summed E-state index contributed by atoms with van der Waals surface area (Å²) in [6, 6.07) is 0. The fourth-order valence-corrected chi connectivity index (χ4v) is 1.07. The van der Waals surface area contributed by atoms with Gasteiger partial charge in [0.25, 0.3) is 0 Å². The molecule has 0 unspecified atom stereocenters. The predicted molar refractivity (Wildman–Crippen MR) is 62.7 cm³/mol. The summed E-state index contributed by atoms with van der Waals surface area (Å²) in [4.78, 5) is 0. The Balaban J connectivity index is 2.80. The molecule has 0 aliphatic heterocycles. The molecule has 0 amide bonds. The highest BCUT2D eigenvalue weighted by Crippen LogP contribution is 2.00. The van der Waals surface area contributed by atoms with Crippen molar-refractivity contribution in [2.45, 2.75) is 13.3 Å². The monoisotopic (exact) mass is 185 g/mol. The molecule has 14 heavy (non-hydrogen) atoms. The van der Waals surface area contributed by atoms with Crippen LogP contribution in [0.4, 0.5) is 0 Å². The van der Waals surface area contributed by atoms with E-state index < -0.39 is 0 Å². The minimum atomic E-state index is 0.533. The van der Waals surface area contributed by atoms with Gasteiger partial charge in [0.05, 0.1) is 5.71 Å². The lowest BCUT2D eigenvalue weighted by atomic mass is 10.2. The quantitative estimate of drug-likeness (QED) is 0.596. The second kappa shape index (κ2) is 5.92. The first kappa shape index (κ1) is 10.5. The highest BCUT2D eigenvalue weighted by Gasteiger charge is 1.83. The molecule has 1 N–H and O–H groups in total. The Morgan fingerprint density at radius 2 is 1.71 bits per heavy atom. The van der Waals surface area contributed by atoms with E-state index in [1.54, 1.807) is 6.08 Å². The summed E-state index contributed by atoms with van der Waals surface area (Å²) >= 11 is 0. The highest BCUT2D eigenvalue weighted by atomic mass is 14.4. The third-order valence-corrected chi connectivity index (χ3v) is 1.84. The van der Waals surface area contributed by atoms with Crippen molar-refractivity contribution in [3.05, 3.63) is 60.3 Å².